The predicted molar refractivity (Wildman–Crippen MR) is 39.7 cm³/mol. The number of hydrogen-bond donors (Lipinski definition) is 0. The molecular weight excluding hydrogens is 211 g/mol. The Balaban J connectivity index is 3.92. The number of rotatable bonds is 5. The van der Waals surface area contributed by atoms with Gasteiger partial charge < -0.3 is 9.46 Å². The van der Waals surface area contributed by atoms with Gasteiger partial charge in [0.2, 0.25) is 0 Å². The fourth-order valence-electron chi connectivity index (χ4n) is 0.467. The van der Waals surface area contributed by atoms with Crippen molar-refractivity contribution < 1.29 is 26.3 Å². The predicted octanol–water partition coefficient (Wildman–Crippen LogP) is 1.25. The molecule has 0 heterocycles. The quantitative estimate of drug-likeness (QED) is 0.655. The summed E-state index contributed by atoms with van der Waals surface area (Å²) < 4.78 is 62.5. The van der Waals surface area contributed by atoms with E-state index in [2.05, 4.69) is 9.46 Å². The number of nitrogens with zero attached hydrogens (tertiary/aromatic N) is 1. The second-order valence-electron chi connectivity index (χ2n) is 2.12. The Labute approximate surface area is 74.1 Å². The number of methoxy groups -OCH3 is 1. The molecule has 0 aliphatic heterocycles. The Morgan fingerprint density at radius 2 is 1.92 bits per heavy atom. The molecule has 0 amide bonds. The highest BCUT2D eigenvalue weighted by Gasteiger charge is 2.38. The second-order valence-corrected chi connectivity index (χ2v) is 3.79. The fraction of sp³-hybridized carbons (Fsp3) is 1.00. The van der Waals surface area contributed by atoms with Gasteiger partial charge in [0.1, 0.15) is 0 Å². The molecule has 0 aromatic heterocycles. The molecular formula is C5H9F3NO3S-. The number of sulfonamides is 1. The van der Waals surface area contributed by atoms with E-state index in [1.165, 1.54) is 7.11 Å². The van der Waals surface area contributed by atoms with Gasteiger partial charge in [-0.25, -0.2) is 8.42 Å². The summed E-state index contributed by atoms with van der Waals surface area (Å²) in [6.45, 7) is -0.230. The molecule has 0 aliphatic rings. The second kappa shape index (κ2) is 4.77. The van der Waals surface area contributed by atoms with Crippen LogP contribution in [0.2, 0.25) is 0 Å². The van der Waals surface area contributed by atoms with Crippen LogP contribution in [0.3, 0.4) is 0 Å². The summed E-state index contributed by atoms with van der Waals surface area (Å²) in [5, 5.41) is 0. The molecule has 0 rings (SSSR count). The first kappa shape index (κ1) is 12.7. The molecule has 0 radical (unpaired) electrons. The first-order valence-electron chi connectivity index (χ1n) is 3.30. The average molecular weight is 220 g/mol. The maximum Gasteiger partial charge on any atom is 0.480 e. The van der Waals surface area contributed by atoms with Crippen molar-refractivity contribution >= 4 is 10.0 Å². The zero-order valence-electron chi connectivity index (χ0n) is 6.84. The lowest BCUT2D eigenvalue weighted by atomic mass is 10.5. The van der Waals surface area contributed by atoms with E-state index in [0.29, 0.717) is 0 Å². The van der Waals surface area contributed by atoms with Gasteiger partial charge in [0.15, 0.2) is 10.0 Å². The van der Waals surface area contributed by atoms with E-state index in [0.717, 1.165) is 0 Å². The van der Waals surface area contributed by atoms with Crippen LogP contribution in [-0.4, -0.2) is 34.2 Å². The third kappa shape index (κ3) is 4.44. The van der Waals surface area contributed by atoms with Gasteiger partial charge >= 0.3 is 5.51 Å². The van der Waals surface area contributed by atoms with Crippen LogP contribution in [0.5, 0.6) is 0 Å². The van der Waals surface area contributed by atoms with E-state index in [1.807, 2.05) is 0 Å². The van der Waals surface area contributed by atoms with Gasteiger partial charge in [-0.1, -0.05) is 0 Å². The topological polar surface area (TPSA) is 57.5 Å². The van der Waals surface area contributed by atoms with Crippen molar-refractivity contribution in [2.75, 3.05) is 20.3 Å². The van der Waals surface area contributed by atoms with Crippen molar-refractivity contribution in [1.29, 1.82) is 0 Å². The highest BCUT2D eigenvalue weighted by Crippen LogP contribution is 2.27. The lowest BCUT2D eigenvalue weighted by molar-refractivity contribution is -0.0427. The first-order valence-corrected chi connectivity index (χ1v) is 4.74. The van der Waals surface area contributed by atoms with Gasteiger partial charge in [-0.3, -0.25) is 0 Å². The van der Waals surface area contributed by atoms with Gasteiger partial charge in [-0.2, -0.15) is 13.2 Å². The normalized spacial score (nSPS) is 13.2. The van der Waals surface area contributed by atoms with Gasteiger partial charge in [0.25, 0.3) is 0 Å². The summed E-state index contributed by atoms with van der Waals surface area (Å²) in [5.74, 6) is 0. The highest BCUT2D eigenvalue weighted by atomic mass is 32.2. The first-order chi connectivity index (χ1) is 5.81. The molecule has 8 heteroatoms. The molecule has 4 nitrogen and oxygen atoms in total. The van der Waals surface area contributed by atoms with E-state index in [-0.39, 0.29) is 13.0 Å². The number of halogens is 3. The van der Waals surface area contributed by atoms with Crippen LogP contribution >= 0.6 is 0 Å². The van der Waals surface area contributed by atoms with Crippen molar-refractivity contribution in [2.24, 2.45) is 0 Å². The minimum Gasteiger partial charge on any atom is -0.541 e. The monoisotopic (exact) mass is 220 g/mol. The summed E-state index contributed by atoms with van der Waals surface area (Å²) in [4.78, 5) is 0. The minimum atomic E-state index is -5.31. The summed E-state index contributed by atoms with van der Waals surface area (Å²) in [6, 6.07) is 0. The van der Waals surface area contributed by atoms with E-state index in [9.17, 15) is 21.6 Å². The molecule has 0 spiro atoms. The SMILES string of the molecule is COCCC[N-]S(=O)(=O)C(F)(F)F. The van der Waals surface area contributed by atoms with Crippen LogP contribution in [0.1, 0.15) is 6.42 Å². The van der Waals surface area contributed by atoms with Crippen LogP contribution < -0.4 is 0 Å². The molecule has 0 N–H and O–H groups in total. The third-order valence-electron chi connectivity index (χ3n) is 1.06. The molecule has 0 aromatic carbocycles. The van der Waals surface area contributed by atoms with Crippen LogP contribution in [0.4, 0.5) is 13.2 Å². The minimum absolute atomic E-state index is 0.145. The molecule has 0 fully saturated rings. The fourth-order valence-corrected chi connectivity index (χ4v) is 0.983. The number of hydrogen-bond acceptors (Lipinski definition) is 3. The molecule has 0 aliphatic carbocycles. The Bertz CT molecular complexity index is 236. The number of alkyl halides is 3. The Morgan fingerprint density at radius 1 is 1.38 bits per heavy atom. The zero-order valence-corrected chi connectivity index (χ0v) is 7.65. The maximum absolute atomic E-state index is 11.6. The van der Waals surface area contributed by atoms with Crippen LogP contribution in [-0.2, 0) is 14.8 Å². The maximum atomic E-state index is 11.6. The van der Waals surface area contributed by atoms with E-state index >= 15 is 0 Å². The van der Waals surface area contributed by atoms with Crippen LogP contribution in [0.15, 0.2) is 0 Å². The summed E-state index contributed by atoms with van der Waals surface area (Å²) in [5.41, 5.74) is -5.29. The molecule has 80 valence electrons. The molecule has 0 saturated carbocycles. The molecule has 0 bridgehead atoms. The van der Waals surface area contributed by atoms with Crippen molar-refractivity contribution in [3.05, 3.63) is 4.72 Å². The van der Waals surface area contributed by atoms with Crippen molar-refractivity contribution in [3.63, 3.8) is 0 Å². The molecule has 0 unspecified atom stereocenters. The average Bonchev–Trinajstić information content (AvgIpc) is 1.96. The van der Waals surface area contributed by atoms with Crippen molar-refractivity contribution in [2.45, 2.75) is 11.9 Å². The van der Waals surface area contributed by atoms with Crippen LogP contribution in [0.25, 0.3) is 4.72 Å². The summed E-state index contributed by atoms with van der Waals surface area (Å²) in [6.07, 6.45) is 0.145. The zero-order chi connectivity index (χ0) is 10.5. The Kier molecular flexibility index (Phi) is 4.65. The van der Waals surface area contributed by atoms with E-state index in [1.54, 1.807) is 0 Å². The molecule has 13 heavy (non-hydrogen) atoms. The van der Waals surface area contributed by atoms with Gasteiger partial charge in [0, 0.05) is 13.7 Å². The number of ether oxygens (including phenoxy) is 1. The molecule has 0 saturated heterocycles. The highest BCUT2D eigenvalue weighted by molar-refractivity contribution is 7.94. The third-order valence-corrected chi connectivity index (χ3v) is 2.17. The van der Waals surface area contributed by atoms with E-state index in [4.69, 9.17) is 0 Å². The Morgan fingerprint density at radius 3 is 2.31 bits per heavy atom. The van der Waals surface area contributed by atoms with Gasteiger partial charge in [-0.05, 0) is 6.42 Å². The summed E-state index contributed by atoms with van der Waals surface area (Å²) in [7, 11) is -3.95. The lowest BCUT2D eigenvalue weighted by Gasteiger charge is -2.20. The Hall–Kier alpha value is -0.340. The smallest absolute Gasteiger partial charge is 0.480 e. The largest absolute Gasteiger partial charge is 0.541 e. The van der Waals surface area contributed by atoms with Gasteiger partial charge in [0.05, 0.1) is 0 Å². The molecule has 0 aromatic rings. The summed E-state index contributed by atoms with van der Waals surface area (Å²) >= 11 is 0. The van der Waals surface area contributed by atoms with Gasteiger partial charge in [-0.15, -0.1) is 6.54 Å². The van der Waals surface area contributed by atoms with Crippen molar-refractivity contribution in [1.82, 2.24) is 0 Å². The van der Waals surface area contributed by atoms with E-state index < -0.39 is 22.1 Å². The molecule has 0 atom stereocenters. The lowest BCUT2D eigenvalue weighted by Crippen LogP contribution is -2.22. The standard InChI is InChI=1S/C5H9F3NO3S/c1-12-4-2-3-9-13(10,11)5(6,7)8/h2-4H2,1H3/q-1. The van der Waals surface area contributed by atoms with Crippen LogP contribution in [0, 0.1) is 0 Å². The van der Waals surface area contributed by atoms with Crippen molar-refractivity contribution in [3.8, 4) is 0 Å².